The van der Waals surface area contributed by atoms with Gasteiger partial charge >= 0.3 is 0 Å². The van der Waals surface area contributed by atoms with E-state index in [0.29, 0.717) is 11.4 Å². The lowest BCUT2D eigenvalue weighted by Crippen LogP contribution is -2.38. The Morgan fingerprint density at radius 2 is 1.70 bits per heavy atom. The highest BCUT2D eigenvalue weighted by Crippen LogP contribution is 2.22. The highest BCUT2D eigenvalue weighted by molar-refractivity contribution is 7.92. The lowest BCUT2D eigenvalue weighted by atomic mass is 10.3. The van der Waals surface area contributed by atoms with Gasteiger partial charge in [0.15, 0.2) is 0 Å². The minimum absolute atomic E-state index is 0.00743. The normalized spacial score (nSPS) is 12.4. The molecule has 0 saturated heterocycles. The van der Waals surface area contributed by atoms with E-state index >= 15 is 0 Å². The van der Waals surface area contributed by atoms with Crippen LogP contribution in [0, 0.1) is 0 Å². The van der Waals surface area contributed by atoms with Crippen LogP contribution in [0.25, 0.3) is 0 Å². The summed E-state index contributed by atoms with van der Waals surface area (Å²) in [6, 6.07) is 6.63. The standard InChI is InChI=1S/C14H24N2O5S2/c1-5-23(19,20)15-10-11-16(22(4,17)18)13-6-8-14(9-7-13)21-12(2)3/h6-9,12,15H,5,10-11H2,1-4H3. The van der Waals surface area contributed by atoms with Crippen molar-refractivity contribution >= 4 is 25.7 Å². The number of hydrogen-bond donors (Lipinski definition) is 1. The predicted octanol–water partition coefficient (Wildman–Crippen LogP) is 1.18. The molecule has 1 rings (SSSR count). The van der Waals surface area contributed by atoms with Crippen LogP contribution in [0.4, 0.5) is 5.69 Å². The van der Waals surface area contributed by atoms with Crippen molar-refractivity contribution < 1.29 is 21.6 Å². The van der Waals surface area contributed by atoms with Crippen molar-refractivity contribution in [1.29, 1.82) is 0 Å². The van der Waals surface area contributed by atoms with E-state index < -0.39 is 20.0 Å². The Labute approximate surface area is 138 Å². The fourth-order valence-electron chi connectivity index (χ4n) is 1.85. The summed E-state index contributed by atoms with van der Waals surface area (Å²) >= 11 is 0. The number of nitrogens with one attached hydrogen (secondary N) is 1. The fraction of sp³-hybridized carbons (Fsp3) is 0.571. The molecule has 0 bridgehead atoms. The lowest BCUT2D eigenvalue weighted by molar-refractivity contribution is 0.242. The largest absolute Gasteiger partial charge is 0.491 e. The van der Waals surface area contributed by atoms with Crippen LogP contribution in [0.2, 0.25) is 0 Å². The van der Waals surface area contributed by atoms with Gasteiger partial charge in [-0.05, 0) is 45.0 Å². The first-order valence-corrected chi connectivity index (χ1v) is 10.8. The van der Waals surface area contributed by atoms with Crippen LogP contribution >= 0.6 is 0 Å². The van der Waals surface area contributed by atoms with Gasteiger partial charge < -0.3 is 4.74 Å². The molecular weight excluding hydrogens is 340 g/mol. The highest BCUT2D eigenvalue weighted by Gasteiger charge is 2.18. The van der Waals surface area contributed by atoms with Gasteiger partial charge in [0, 0.05) is 13.1 Å². The lowest BCUT2D eigenvalue weighted by Gasteiger charge is -2.23. The average molecular weight is 364 g/mol. The average Bonchev–Trinajstić information content (AvgIpc) is 2.43. The maximum Gasteiger partial charge on any atom is 0.232 e. The first kappa shape index (κ1) is 19.7. The molecule has 0 aliphatic rings. The van der Waals surface area contributed by atoms with Crippen molar-refractivity contribution in [2.45, 2.75) is 26.9 Å². The fourth-order valence-corrected chi connectivity index (χ4v) is 3.39. The number of rotatable bonds is 9. The van der Waals surface area contributed by atoms with E-state index in [-0.39, 0.29) is 24.9 Å². The number of hydrogen-bond acceptors (Lipinski definition) is 5. The van der Waals surface area contributed by atoms with Crippen molar-refractivity contribution in [1.82, 2.24) is 4.72 Å². The highest BCUT2D eigenvalue weighted by atomic mass is 32.2. The van der Waals surface area contributed by atoms with Crippen molar-refractivity contribution in [2.75, 3.05) is 29.4 Å². The number of ether oxygens (including phenoxy) is 1. The molecule has 23 heavy (non-hydrogen) atoms. The summed E-state index contributed by atoms with van der Waals surface area (Å²) in [5.74, 6) is 0.594. The Kier molecular flexibility index (Phi) is 6.84. The van der Waals surface area contributed by atoms with E-state index in [1.807, 2.05) is 13.8 Å². The zero-order chi connectivity index (χ0) is 17.7. The van der Waals surface area contributed by atoms with Crippen LogP contribution in [0.1, 0.15) is 20.8 Å². The van der Waals surface area contributed by atoms with Crippen molar-refractivity contribution in [3.05, 3.63) is 24.3 Å². The topological polar surface area (TPSA) is 92.8 Å². The zero-order valence-electron chi connectivity index (χ0n) is 13.8. The summed E-state index contributed by atoms with van der Waals surface area (Å²) in [5.41, 5.74) is 0.458. The Morgan fingerprint density at radius 1 is 1.13 bits per heavy atom. The molecular formula is C14H24N2O5S2. The third-order valence-corrected chi connectivity index (χ3v) is 5.51. The number of benzene rings is 1. The smallest absolute Gasteiger partial charge is 0.232 e. The molecule has 0 spiro atoms. The van der Waals surface area contributed by atoms with Gasteiger partial charge in [0.05, 0.1) is 23.8 Å². The molecule has 0 aromatic heterocycles. The summed E-state index contributed by atoms with van der Waals surface area (Å²) in [5, 5.41) is 0. The Morgan fingerprint density at radius 3 is 2.13 bits per heavy atom. The Bertz CT molecular complexity index is 697. The molecule has 0 amide bonds. The van der Waals surface area contributed by atoms with E-state index in [1.165, 1.54) is 6.92 Å². The molecule has 0 heterocycles. The molecule has 0 aliphatic carbocycles. The first-order valence-electron chi connectivity index (χ1n) is 7.27. The number of nitrogens with zero attached hydrogens (tertiary/aromatic N) is 1. The molecule has 0 radical (unpaired) electrons. The minimum atomic E-state index is -3.52. The van der Waals surface area contributed by atoms with Crippen LogP contribution in [0.15, 0.2) is 24.3 Å². The van der Waals surface area contributed by atoms with Gasteiger partial charge in [-0.15, -0.1) is 0 Å². The van der Waals surface area contributed by atoms with Crippen LogP contribution in [0.5, 0.6) is 5.75 Å². The van der Waals surface area contributed by atoms with Gasteiger partial charge in [-0.1, -0.05) is 0 Å². The molecule has 7 nitrogen and oxygen atoms in total. The van der Waals surface area contributed by atoms with E-state index in [2.05, 4.69) is 4.72 Å². The summed E-state index contributed by atoms with van der Waals surface area (Å²) in [4.78, 5) is 0. The van der Waals surface area contributed by atoms with Crippen molar-refractivity contribution in [2.24, 2.45) is 0 Å². The molecule has 0 fully saturated rings. The minimum Gasteiger partial charge on any atom is -0.491 e. The van der Waals surface area contributed by atoms with Crippen LogP contribution < -0.4 is 13.8 Å². The van der Waals surface area contributed by atoms with Crippen LogP contribution in [0.3, 0.4) is 0 Å². The summed E-state index contributed by atoms with van der Waals surface area (Å²) in [6.07, 6.45) is 1.11. The van der Waals surface area contributed by atoms with Gasteiger partial charge in [-0.2, -0.15) is 0 Å². The second-order valence-corrected chi connectivity index (χ2v) is 9.30. The summed E-state index contributed by atoms with van der Waals surface area (Å²) < 4.78 is 55.7. The summed E-state index contributed by atoms with van der Waals surface area (Å²) in [7, 11) is -6.88. The van der Waals surface area contributed by atoms with E-state index in [4.69, 9.17) is 4.74 Å². The SMILES string of the molecule is CCS(=O)(=O)NCCN(c1ccc(OC(C)C)cc1)S(C)(=O)=O. The second kappa shape index (κ2) is 7.98. The van der Waals surface area contributed by atoms with Gasteiger partial charge in [-0.3, -0.25) is 4.31 Å². The molecule has 0 saturated carbocycles. The quantitative estimate of drug-likeness (QED) is 0.710. The zero-order valence-corrected chi connectivity index (χ0v) is 15.4. The molecule has 0 aliphatic heterocycles. The molecule has 0 unspecified atom stereocenters. The maximum atomic E-state index is 11.9. The maximum absolute atomic E-state index is 11.9. The Balaban J connectivity index is 2.87. The molecule has 9 heteroatoms. The molecule has 132 valence electrons. The van der Waals surface area contributed by atoms with E-state index in [0.717, 1.165) is 10.6 Å². The molecule has 1 aromatic carbocycles. The van der Waals surface area contributed by atoms with E-state index in [9.17, 15) is 16.8 Å². The van der Waals surface area contributed by atoms with Crippen molar-refractivity contribution in [3.8, 4) is 5.75 Å². The first-order chi connectivity index (χ1) is 10.5. The van der Waals surface area contributed by atoms with Gasteiger partial charge in [0.25, 0.3) is 0 Å². The van der Waals surface area contributed by atoms with Crippen molar-refractivity contribution in [3.63, 3.8) is 0 Å². The third kappa shape index (κ3) is 6.76. The van der Waals surface area contributed by atoms with Gasteiger partial charge in [0.2, 0.25) is 20.0 Å². The predicted molar refractivity (Wildman–Crippen MR) is 91.9 cm³/mol. The monoisotopic (exact) mass is 364 g/mol. The molecule has 1 aromatic rings. The number of sulfonamides is 2. The Hall–Kier alpha value is -1.32. The summed E-state index contributed by atoms with van der Waals surface area (Å²) in [6.45, 7) is 5.34. The van der Waals surface area contributed by atoms with E-state index in [1.54, 1.807) is 24.3 Å². The molecule has 0 atom stereocenters. The van der Waals surface area contributed by atoms with Crippen LogP contribution in [-0.4, -0.2) is 48.0 Å². The van der Waals surface area contributed by atoms with Gasteiger partial charge in [-0.25, -0.2) is 21.6 Å². The second-order valence-electron chi connectivity index (χ2n) is 5.29. The number of anilines is 1. The third-order valence-electron chi connectivity index (χ3n) is 2.91. The molecule has 1 N–H and O–H groups in total. The van der Waals surface area contributed by atoms with Gasteiger partial charge in [0.1, 0.15) is 5.75 Å². The van der Waals surface area contributed by atoms with Crippen LogP contribution in [-0.2, 0) is 20.0 Å².